The van der Waals surface area contributed by atoms with Crippen LogP contribution in [0.3, 0.4) is 0 Å². The maximum atomic E-state index is 9.25. The lowest BCUT2D eigenvalue weighted by molar-refractivity contribution is 0.262. The Bertz CT molecular complexity index is 630. The minimum absolute atomic E-state index is 0.233. The van der Waals surface area contributed by atoms with Crippen molar-refractivity contribution >= 4 is 23.2 Å². The van der Waals surface area contributed by atoms with Crippen LogP contribution in [0.4, 0.5) is 11.6 Å². The number of aliphatic hydroxyl groups excluding tert-OH is 1. The Morgan fingerprint density at radius 3 is 2.79 bits per heavy atom. The molecule has 0 saturated carbocycles. The molecular weight excluding hydrogens is 324 g/mol. The predicted octanol–water partition coefficient (Wildman–Crippen LogP) is 3.48. The van der Waals surface area contributed by atoms with Gasteiger partial charge < -0.3 is 15.3 Å². The molecule has 0 radical (unpaired) electrons. The van der Waals surface area contributed by atoms with E-state index in [0.29, 0.717) is 17.6 Å². The van der Waals surface area contributed by atoms with Crippen LogP contribution < -0.4 is 10.2 Å². The Hall–Kier alpha value is -1.85. The van der Waals surface area contributed by atoms with Crippen molar-refractivity contribution in [3.8, 4) is 0 Å². The van der Waals surface area contributed by atoms with Crippen molar-refractivity contribution in [1.82, 2.24) is 9.97 Å². The van der Waals surface area contributed by atoms with Crippen LogP contribution in [0.5, 0.6) is 0 Å². The third kappa shape index (κ3) is 4.36. The maximum absolute atomic E-state index is 9.25. The van der Waals surface area contributed by atoms with E-state index < -0.39 is 0 Å². The molecule has 0 spiro atoms. The van der Waals surface area contributed by atoms with Gasteiger partial charge >= 0.3 is 0 Å². The summed E-state index contributed by atoms with van der Waals surface area (Å²) in [5.74, 6) is 1.80. The van der Waals surface area contributed by atoms with Crippen LogP contribution in [0, 0.1) is 0 Å². The summed E-state index contributed by atoms with van der Waals surface area (Å²) in [5.41, 5.74) is 1.10. The molecule has 0 aromatic carbocycles. The van der Waals surface area contributed by atoms with Crippen LogP contribution in [-0.4, -0.2) is 34.3 Å². The van der Waals surface area contributed by atoms with Gasteiger partial charge in [-0.05, 0) is 49.4 Å². The molecule has 2 N–H and O–H groups in total. The van der Waals surface area contributed by atoms with Gasteiger partial charge in [-0.2, -0.15) is 0 Å². The predicted molar refractivity (Wildman–Crippen MR) is 97.5 cm³/mol. The van der Waals surface area contributed by atoms with E-state index in [2.05, 4.69) is 32.3 Å². The zero-order valence-electron chi connectivity index (χ0n) is 13.7. The number of nitrogens with one attached hydrogen (secondary N) is 1. The normalized spacial score (nSPS) is 17.8. The first-order chi connectivity index (χ1) is 11.8. The molecule has 1 aliphatic heterocycles. The molecule has 1 aliphatic rings. The quantitative estimate of drug-likeness (QED) is 0.838. The van der Waals surface area contributed by atoms with Gasteiger partial charge in [0.15, 0.2) is 0 Å². The number of pyridine rings is 2. The Labute approximate surface area is 147 Å². The van der Waals surface area contributed by atoms with Gasteiger partial charge in [-0.15, -0.1) is 0 Å². The van der Waals surface area contributed by atoms with Crippen LogP contribution in [-0.2, 0) is 6.54 Å². The maximum Gasteiger partial charge on any atom is 0.128 e. The fraction of sp³-hybridized carbons (Fsp3) is 0.444. The average molecular weight is 347 g/mol. The Kier molecular flexibility index (Phi) is 5.88. The molecule has 0 bridgehead atoms. The highest BCUT2D eigenvalue weighted by molar-refractivity contribution is 6.30. The zero-order chi connectivity index (χ0) is 16.8. The standard InChI is InChI=1S/C18H23ClN4O/c19-15-5-6-17(21-13-15)20-11-14-4-7-18(22-12-14)23-9-2-1-3-16(23)8-10-24/h4-7,12-13,16,24H,1-3,8-11H2,(H,20,21)/t16-/m1/s1. The van der Waals surface area contributed by atoms with E-state index in [-0.39, 0.29) is 6.61 Å². The highest BCUT2D eigenvalue weighted by Crippen LogP contribution is 2.25. The van der Waals surface area contributed by atoms with E-state index in [1.807, 2.05) is 18.3 Å². The fourth-order valence-electron chi connectivity index (χ4n) is 3.12. The number of hydrogen-bond donors (Lipinski definition) is 2. The minimum atomic E-state index is 0.233. The number of piperidine rings is 1. The first-order valence-electron chi connectivity index (χ1n) is 8.44. The monoisotopic (exact) mass is 346 g/mol. The molecule has 24 heavy (non-hydrogen) atoms. The van der Waals surface area contributed by atoms with Gasteiger partial charge in [0.25, 0.3) is 0 Å². The zero-order valence-corrected chi connectivity index (χ0v) is 14.4. The smallest absolute Gasteiger partial charge is 0.128 e. The molecule has 2 aromatic heterocycles. The molecule has 6 heteroatoms. The molecule has 3 heterocycles. The second-order valence-electron chi connectivity index (χ2n) is 6.10. The number of nitrogens with zero attached hydrogens (tertiary/aromatic N) is 3. The Morgan fingerprint density at radius 2 is 2.08 bits per heavy atom. The van der Waals surface area contributed by atoms with Gasteiger partial charge in [0.1, 0.15) is 11.6 Å². The summed E-state index contributed by atoms with van der Waals surface area (Å²) in [6, 6.07) is 8.24. The van der Waals surface area contributed by atoms with Crippen LogP contribution in [0.1, 0.15) is 31.2 Å². The van der Waals surface area contributed by atoms with Crippen LogP contribution in [0.2, 0.25) is 5.02 Å². The van der Waals surface area contributed by atoms with Gasteiger partial charge in [0.05, 0.1) is 5.02 Å². The minimum Gasteiger partial charge on any atom is -0.396 e. The Balaban J connectivity index is 1.61. The van der Waals surface area contributed by atoms with E-state index >= 15 is 0 Å². The van der Waals surface area contributed by atoms with Gasteiger partial charge in [-0.3, -0.25) is 0 Å². The molecular formula is C18H23ClN4O. The SMILES string of the molecule is OCC[C@H]1CCCCN1c1ccc(CNc2ccc(Cl)cn2)cn1. The molecule has 1 saturated heterocycles. The Morgan fingerprint density at radius 1 is 1.17 bits per heavy atom. The molecule has 0 aliphatic carbocycles. The molecule has 0 amide bonds. The van der Waals surface area contributed by atoms with Gasteiger partial charge in [-0.25, -0.2) is 9.97 Å². The summed E-state index contributed by atoms with van der Waals surface area (Å²) in [6.07, 6.45) is 7.90. The van der Waals surface area contributed by atoms with Gasteiger partial charge in [0.2, 0.25) is 0 Å². The highest BCUT2D eigenvalue weighted by Gasteiger charge is 2.22. The molecule has 5 nitrogen and oxygen atoms in total. The largest absolute Gasteiger partial charge is 0.396 e. The number of rotatable bonds is 6. The summed E-state index contributed by atoms with van der Waals surface area (Å²) >= 11 is 5.83. The molecule has 0 unspecified atom stereocenters. The lowest BCUT2D eigenvalue weighted by Crippen LogP contribution is -2.40. The number of hydrogen-bond acceptors (Lipinski definition) is 5. The summed E-state index contributed by atoms with van der Waals surface area (Å²) < 4.78 is 0. The second-order valence-corrected chi connectivity index (χ2v) is 6.53. The van der Waals surface area contributed by atoms with Crippen molar-refractivity contribution in [3.05, 3.63) is 47.2 Å². The van der Waals surface area contributed by atoms with E-state index in [0.717, 1.165) is 36.6 Å². The third-order valence-electron chi connectivity index (χ3n) is 4.39. The highest BCUT2D eigenvalue weighted by atomic mass is 35.5. The second kappa shape index (κ2) is 8.31. The molecule has 2 aromatic rings. The van der Waals surface area contributed by atoms with E-state index in [1.54, 1.807) is 6.20 Å². The van der Waals surface area contributed by atoms with E-state index in [9.17, 15) is 5.11 Å². The van der Waals surface area contributed by atoms with Crippen molar-refractivity contribution in [2.45, 2.75) is 38.3 Å². The number of aromatic nitrogens is 2. The topological polar surface area (TPSA) is 61.3 Å². The number of anilines is 2. The number of halogens is 1. The average Bonchev–Trinajstić information content (AvgIpc) is 2.63. The van der Waals surface area contributed by atoms with Crippen molar-refractivity contribution in [3.63, 3.8) is 0 Å². The van der Waals surface area contributed by atoms with E-state index in [4.69, 9.17) is 11.6 Å². The number of aliphatic hydroxyl groups is 1. The lowest BCUT2D eigenvalue weighted by Gasteiger charge is -2.36. The summed E-state index contributed by atoms with van der Waals surface area (Å²) in [7, 11) is 0. The molecule has 1 atom stereocenters. The van der Waals surface area contributed by atoms with Crippen molar-refractivity contribution < 1.29 is 5.11 Å². The molecule has 3 rings (SSSR count). The van der Waals surface area contributed by atoms with Crippen molar-refractivity contribution in [1.29, 1.82) is 0 Å². The summed E-state index contributed by atoms with van der Waals surface area (Å²) in [6.45, 7) is 1.92. The molecule has 128 valence electrons. The van der Waals surface area contributed by atoms with Crippen LogP contribution in [0.25, 0.3) is 0 Å². The van der Waals surface area contributed by atoms with Gasteiger partial charge in [0, 0.05) is 38.1 Å². The van der Waals surface area contributed by atoms with Crippen LogP contribution in [0.15, 0.2) is 36.7 Å². The first kappa shape index (κ1) is 17.0. The van der Waals surface area contributed by atoms with E-state index in [1.165, 1.54) is 12.8 Å². The molecule has 1 fully saturated rings. The first-order valence-corrected chi connectivity index (χ1v) is 8.82. The fourth-order valence-corrected chi connectivity index (χ4v) is 3.23. The summed E-state index contributed by atoms with van der Waals surface area (Å²) in [5, 5.41) is 13.1. The van der Waals surface area contributed by atoms with Crippen molar-refractivity contribution in [2.75, 3.05) is 23.4 Å². The third-order valence-corrected chi connectivity index (χ3v) is 4.62. The summed E-state index contributed by atoms with van der Waals surface area (Å²) in [4.78, 5) is 11.2. The van der Waals surface area contributed by atoms with Crippen LogP contribution >= 0.6 is 11.6 Å². The van der Waals surface area contributed by atoms with Crippen molar-refractivity contribution in [2.24, 2.45) is 0 Å². The lowest BCUT2D eigenvalue weighted by atomic mass is 9.99. The van der Waals surface area contributed by atoms with Gasteiger partial charge in [-0.1, -0.05) is 17.7 Å².